The molecular weight excluding hydrogens is 308 g/mol. The fourth-order valence-corrected chi connectivity index (χ4v) is 2.19. The Labute approximate surface area is 138 Å². The van der Waals surface area contributed by atoms with Gasteiger partial charge in [-0.3, -0.25) is 0 Å². The van der Waals surface area contributed by atoms with Gasteiger partial charge in [-0.15, -0.1) is 0 Å². The summed E-state index contributed by atoms with van der Waals surface area (Å²) < 4.78 is 15.9. The molecule has 3 aromatic rings. The van der Waals surface area contributed by atoms with Crippen LogP contribution in [0.3, 0.4) is 0 Å². The summed E-state index contributed by atoms with van der Waals surface area (Å²) in [6, 6.07) is 14.6. The maximum absolute atomic E-state index is 12.2. The van der Waals surface area contributed by atoms with E-state index in [1.807, 2.05) is 6.92 Å². The summed E-state index contributed by atoms with van der Waals surface area (Å²) in [6.45, 7) is 2.66. The van der Waals surface area contributed by atoms with Crippen LogP contribution in [0.2, 0.25) is 0 Å². The summed E-state index contributed by atoms with van der Waals surface area (Å²) >= 11 is 0. The fourth-order valence-electron chi connectivity index (χ4n) is 2.19. The van der Waals surface area contributed by atoms with Crippen molar-refractivity contribution in [2.75, 3.05) is 6.61 Å². The third kappa shape index (κ3) is 3.63. The normalized spacial score (nSPS) is 10.5. The largest absolute Gasteiger partial charge is 0.494 e. The standard InChI is InChI=1S/C19H16O5/c1-2-11-22-15-6-3-13(4-7-15)19(21)23-16-8-9-17-14(12-16)5-10-18(20)24-17/h3-10,12H,2,11H2,1H3. The number of hydrogen-bond donors (Lipinski definition) is 0. The lowest BCUT2D eigenvalue weighted by Crippen LogP contribution is -2.08. The van der Waals surface area contributed by atoms with E-state index in [0.717, 1.165) is 6.42 Å². The van der Waals surface area contributed by atoms with Crippen molar-refractivity contribution in [2.24, 2.45) is 0 Å². The highest BCUT2D eigenvalue weighted by Gasteiger charge is 2.10. The number of benzene rings is 2. The van der Waals surface area contributed by atoms with E-state index in [2.05, 4.69) is 0 Å². The average molecular weight is 324 g/mol. The second-order valence-electron chi connectivity index (χ2n) is 5.22. The summed E-state index contributed by atoms with van der Waals surface area (Å²) in [4.78, 5) is 23.4. The zero-order valence-corrected chi connectivity index (χ0v) is 13.2. The summed E-state index contributed by atoms with van der Waals surface area (Å²) in [5, 5.41) is 0.684. The van der Waals surface area contributed by atoms with Crippen molar-refractivity contribution >= 4 is 16.9 Å². The molecule has 0 fully saturated rings. The Bertz CT molecular complexity index is 909. The molecule has 0 aliphatic heterocycles. The van der Waals surface area contributed by atoms with Gasteiger partial charge < -0.3 is 13.9 Å². The van der Waals surface area contributed by atoms with E-state index in [0.29, 0.717) is 34.6 Å². The Kier molecular flexibility index (Phi) is 4.61. The quantitative estimate of drug-likeness (QED) is 0.406. The molecule has 24 heavy (non-hydrogen) atoms. The molecule has 1 aromatic heterocycles. The first-order valence-electron chi connectivity index (χ1n) is 7.64. The molecule has 0 aliphatic rings. The van der Waals surface area contributed by atoms with Gasteiger partial charge in [0.1, 0.15) is 17.1 Å². The van der Waals surface area contributed by atoms with Crippen molar-refractivity contribution in [3.63, 3.8) is 0 Å². The molecule has 3 rings (SSSR count). The van der Waals surface area contributed by atoms with Gasteiger partial charge in [-0.05, 0) is 55.0 Å². The topological polar surface area (TPSA) is 65.7 Å². The lowest BCUT2D eigenvalue weighted by molar-refractivity contribution is 0.0735. The Morgan fingerprint density at radius 3 is 2.50 bits per heavy atom. The molecule has 0 spiro atoms. The second-order valence-corrected chi connectivity index (χ2v) is 5.22. The number of rotatable bonds is 5. The minimum atomic E-state index is -0.464. The van der Waals surface area contributed by atoms with Crippen LogP contribution in [0.4, 0.5) is 0 Å². The third-order valence-electron chi connectivity index (χ3n) is 3.36. The van der Waals surface area contributed by atoms with Crippen molar-refractivity contribution in [3.05, 3.63) is 70.6 Å². The van der Waals surface area contributed by atoms with Gasteiger partial charge in [-0.2, -0.15) is 0 Å². The molecule has 0 atom stereocenters. The Morgan fingerprint density at radius 2 is 1.75 bits per heavy atom. The van der Waals surface area contributed by atoms with Crippen LogP contribution < -0.4 is 15.1 Å². The van der Waals surface area contributed by atoms with E-state index >= 15 is 0 Å². The van der Waals surface area contributed by atoms with Gasteiger partial charge in [0.2, 0.25) is 0 Å². The molecule has 0 saturated carbocycles. The first-order valence-corrected chi connectivity index (χ1v) is 7.64. The van der Waals surface area contributed by atoms with Crippen molar-refractivity contribution in [1.29, 1.82) is 0 Å². The molecule has 5 heteroatoms. The van der Waals surface area contributed by atoms with Crippen molar-refractivity contribution < 1.29 is 18.7 Å². The molecule has 0 radical (unpaired) electrons. The first-order chi connectivity index (χ1) is 11.7. The van der Waals surface area contributed by atoms with Gasteiger partial charge >= 0.3 is 11.6 Å². The predicted octanol–water partition coefficient (Wildman–Crippen LogP) is 3.80. The van der Waals surface area contributed by atoms with E-state index in [9.17, 15) is 9.59 Å². The van der Waals surface area contributed by atoms with E-state index < -0.39 is 11.6 Å². The highest BCUT2D eigenvalue weighted by molar-refractivity contribution is 5.91. The van der Waals surface area contributed by atoms with Crippen LogP contribution in [0.15, 0.2) is 63.8 Å². The molecule has 0 saturated heterocycles. The summed E-state index contributed by atoms with van der Waals surface area (Å²) in [6.07, 6.45) is 0.922. The molecule has 2 aromatic carbocycles. The maximum Gasteiger partial charge on any atom is 0.343 e. The molecule has 0 bridgehead atoms. The van der Waals surface area contributed by atoms with Gasteiger partial charge in [0.15, 0.2) is 0 Å². The molecule has 5 nitrogen and oxygen atoms in total. The average Bonchev–Trinajstić information content (AvgIpc) is 2.60. The first kappa shape index (κ1) is 15.8. The SMILES string of the molecule is CCCOc1ccc(C(=O)Oc2ccc3oc(=O)ccc3c2)cc1. The van der Waals surface area contributed by atoms with Crippen molar-refractivity contribution in [1.82, 2.24) is 0 Å². The van der Waals surface area contributed by atoms with Crippen LogP contribution in [0.25, 0.3) is 11.0 Å². The third-order valence-corrected chi connectivity index (χ3v) is 3.36. The molecule has 0 N–H and O–H groups in total. The number of carbonyl (C=O) groups is 1. The van der Waals surface area contributed by atoms with Crippen molar-refractivity contribution in [3.8, 4) is 11.5 Å². The predicted molar refractivity (Wildman–Crippen MR) is 89.7 cm³/mol. The number of esters is 1. The summed E-state index contributed by atoms with van der Waals surface area (Å²) in [5.41, 5.74) is 0.455. The molecule has 0 aliphatic carbocycles. The summed E-state index contributed by atoms with van der Waals surface area (Å²) in [5.74, 6) is 0.635. The van der Waals surface area contributed by atoms with E-state index in [1.165, 1.54) is 6.07 Å². The van der Waals surface area contributed by atoms with Gasteiger partial charge in [0.25, 0.3) is 0 Å². The number of ether oxygens (including phenoxy) is 2. The zero-order chi connectivity index (χ0) is 16.9. The number of fused-ring (bicyclic) bond motifs is 1. The molecular formula is C19H16O5. The molecule has 0 amide bonds. The molecule has 1 heterocycles. The van der Waals surface area contributed by atoms with Crippen LogP contribution in [0.5, 0.6) is 11.5 Å². The van der Waals surface area contributed by atoms with Gasteiger partial charge in [-0.1, -0.05) is 6.92 Å². The van der Waals surface area contributed by atoms with Crippen LogP contribution in [0.1, 0.15) is 23.7 Å². The minimum absolute atomic E-state index is 0.382. The molecule has 0 unspecified atom stereocenters. The van der Waals surface area contributed by atoms with Crippen LogP contribution in [-0.2, 0) is 0 Å². The van der Waals surface area contributed by atoms with E-state index in [4.69, 9.17) is 13.9 Å². The zero-order valence-electron chi connectivity index (χ0n) is 13.2. The van der Waals surface area contributed by atoms with Gasteiger partial charge in [0.05, 0.1) is 12.2 Å². The van der Waals surface area contributed by atoms with Crippen LogP contribution in [0, 0.1) is 0 Å². The number of hydrogen-bond acceptors (Lipinski definition) is 5. The lowest BCUT2D eigenvalue weighted by Gasteiger charge is -2.07. The lowest BCUT2D eigenvalue weighted by atomic mass is 10.2. The maximum atomic E-state index is 12.2. The number of carbonyl (C=O) groups excluding carboxylic acids is 1. The van der Waals surface area contributed by atoms with Gasteiger partial charge in [-0.25, -0.2) is 9.59 Å². The Hall–Kier alpha value is -3.08. The van der Waals surface area contributed by atoms with E-state index in [1.54, 1.807) is 48.5 Å². The van der Waals surface area contributed by atoms with Gasteiger partial charge in [0, 0.05) is 11.5 Å². The Morgan fingerprint density at radius 1 is 1.00 bits per heavy atom. The van der Waals surface area contributed by atoms with Crippen molar-refractivity contribution in [2.45, 2.75) is 13.3 Å². The molecule has 122 valence electrons. The van der Waals surface area contributed by atoms with Crippen LogP contribution >= 0.6 is 0 Å². The smallest absolute Gasteiger partial charge is 0.343 e. The fraction of sp³-hybridized carbons (Fsp3) is 0.158. The minimum Gasteiger partial charge on any atom is -0.494 e. The highest BCUT2D eigenvalue weighted by atomic mass is 16.5. The highest BCUT2D eigenvalue weighted by Crippen LogP contribution is 2.21. The summed E-state index contributed by atoms with van der Waals surface area (Å²) in [7, 11) is 0. The second kappa shape index (κ2) is 7.00. The monoisotopic (exact) mass is 324 g/mol. The van der Waals surface area contributed by atoms with E-state index in [-0.39, 0.29) is 0 Å². The Balaban J connectivity index is 1.74. The van der Waals surface area contributed by atoms with Crippen LogP contribution in [-0.4, -0.2) is 12.6 Å².